The third-order valence-corrected chi connectivity index (χ3v) is 1.91. The molecule has 0 unspecified atom stereocenters. The van der Waals surface area contributed by atoms with E-state index in [1.807, 2.05) is 0 Å². The first-order chi connectivity index (χ1) is 7.39. The lowest BCUT2D eigenvalue weighted by Crippen LogP contribution is -2.37. The van der Waals surface area contributed by atoms with Gasteiger partial charge in [-0.25, -0.2) is 0 Å². The third kappa shape index (κ3) is 5.44. The van der Waals surface area contributed by atoms with Gasteiger partial charge in [0.15, 0.2) is 0 Å². The summed E-state index contributed by atoms with van der Waals surface area (Å²) in [6.07, 6.45) is -4.51. The molecule has 3 N–H and O–H groups in total. The van der Waals surface area contributed by atoms with Crippen molar-refractivity contribution >= 4 is 24.0 Å². The number of benzene rings is 1. The minimum atomic E-state index is -4.82. The number of amides is 1. The summed E-state index contributed by atoms with van der Waals surface area (Å²) in [6, 6.07) is 6.77. The molecule has 17 heavy (non-hydrogen) atoms. The summed E-state index contributed by atoms with van der Waals surface area (Å²) in [7, 11) is 0. The van der Waals surface area contributed by atoms with Gasteiger partial charge in [0, 0.05) is 12.2 Å². The fourth-order valence-electron chi connectivity index (χ4n) is 1.17. The van der Waals surface area contributed by atoms with Crippen molar-refractivity contribution in [3.05, 3.63) is 29.8 Å². The van der Waals surface area contributed by atoms with E-state index in [1.54, 1.807) is 29.6 Å². The van der Waals surface area contributed by atoms with Gasteiger partial charge in [-0.2, -0.15) is 13.2 Å². The van der Waals surface area contributed by atoms with Crippen LogP contribution < -0.4 is 11.1 Å². The van der Waals surface area contributed by atoms with Gasteiger partial charge < -0.3 is 11.1 Å². The van der Waals surface area contributed by atoms with E-state index in [1.165, 1.54) is 0 Å². The summed E-state index contributed by atoms with van der Waals surface area (Å²) < 4.78 is 35.4. The molecule has 0 bridgehead atoms. The van der Waals surface area contributed by atoms with E-state index in [2.05, 4.69) is 0 Å². The average Bonchev–Trinajstić information content (AvgIpc) is 2.16. The Morgan fingerprint density at radius 3 is 2.53 bits per heavy atom. The number of nitrogens with two attached hydrogens (primary N) is 1. The molecule has 0 radical (unpaired) electrons. The molecule has 0 spiro atoms. The van der Waals surface area contributed by atoms with E-state index in [0.29, 0.717) is 12.1 Å². The third-order valence-electron chi connectivity index (χ3n) is 1.91. The van der Waals surface area contributed by atoms with E-state index in [4.69, 9.17) is 5.73 Å². The minimum absolute atomic E-state index is 0. The van der Waals surface area contributed by atoms with Gasteiger partial charge in [-0.15, -0.1) is 12.4 Å². The zero-order chi connectivity index (χ0) is 12.2. The Hall–Kier alpha value is -1.43. The molecule has 7 heteroatoms. The first-order valence-electron chi connectivity index (χ1n) is 4.59. The molecule has 0 aromatic heterocycles. The molecule has 1 amide bonds. The lowest BCUT2D eigenvalue weighted by Gasteiger charge is -2.07. The van der Waals surface area contributed by atoms with Crippen molar-refractivity contribution in [2.24, 2.45) is 0 Å². The molecule has 1 rings (SSSR count). The molecule has 3 nitrogen and oxygen atoms in total. The van der Waals surface area contributed by atoms with Gasteiger partial charge in [0.2, 0.25) is 0 Å². The van der Waals surface area contributed by atoms with E-state index < -0.39 is 12.1 Å². The van der Waals surface area contributed by atoms with Crippen molar-refractivity contribution in [3.63, 3.8) is 0 Å². The number of carbonyl (C=O) groups is 1. The Bertz CT molecular complexity index is 382. The Kier molecular flexibility index (Phi) is 5.81. The van der Waals surface area contributed by atoms with Crippen LogP contribution in [0.5, 0.6) is 0 Å². The lowest BCUT2D eigenvalue weighted by atomic mass is 10.1. The van der Waals surface area contributed by atoms with Crippen molar-refractivity contribution in [3.8, 4) is 0 Å². The molecule has 0 fully saturated rings. The summed E-state index contributed by atoms with van der Waals surface area (Å²) in [6.45, 7) is -0.0677. The lowest BCUT2D eigenvalue weighted by molar-refractivity contribution is -0.173. The topological polar surface area (TPSA) is 55.1 Å². The van der Waals surface area contributed by atoms with E-state index in [0.717, 1.165) is 5.56 Å². The molecule has 0 aliphatic heterocycles. The number of halogens is 4. The van der Waals surface area contributed by atoms with Crippen molar-refractivity contribution < 1.29 is 18.0 Å². The number of hydrogen-bond acceptors (Lipinski definition) is 2. The normalized spacial score (nSPS) is 10.5. The maximum atomic E-state index is 11.8. The maximum Gasteiger partial charge on any atom is 0.471 e. The van der Waals surface area contributed by atoms with Crippen LogP contribution in [0.4, 0.5) is 18.9 Å². The number of alkyl halides is 3. The van der Waals surface area contributed by atoms with Crippen molar-refractivity contribution in [2.45, 2.75) is 12.6 Å². The highest BCUT2D eigenvalue weighted by Gasteiger charge is 2.38. The SMILES string of the molecule is Cl.Nc1cccc(CCNC(=O)C(F)(F)F)c1. The van der Waals surface area contributed by atoms with Gasteiger partial charge in [-0.05, 0) is 24.1 Å². The van der Waals surface area contributed by atoms with E-state index >= 15 is 0 Å². The highest BCUT2D eigenvalue weighted by atomic mass is 35.5. The molecule has 1 aromatic carbocycles. The summed E-state index contributed by atoms with van der Waals surface area (Å²) >= 11 is 0. The first kappa shape index (κ1) is 15.6. The van der Waals surface area contributed by atoms with Gasteiger partial charge in [0.1, 0.15) is 0 Å². The second kappa shape index (κ2) is 6.34. The van der Waals surface area contributed by atoms with Crippen LogP contribution >= 0.6 is 12.4 Å². The van der Waals surface area contributed by atoms with Crippen LogP contribution in [-0.2, 0) is 11.2 Å². The molecule has 0 saturated carbocycles. The standard InChI is InChI=1S/C10H11F3N2O.ClH/c11-10(12,13)9(16)15-5-4-7-2-1-3-8(14)6-7;/h1-3,6H,4-5,14H2,(H,15,16);1H. The molecular formula is C10H12ClF3N2O. The summed E-state index contributed by atoms with van der Waals surface area (Å²) in [5.74, 6) is -1.92. The van der Waals surface area contributed by atoms with E-state index in [9.17, 15) is 18.0 Å². The summed E-state index contributed by atoms with van der Waals surface area (Å²) in [5, 5.41) is 1.79. The number of rotatable bonds is 3. The predicted molar refractivity (Wildman–Crippen MR) is 60.9 cm³/mol. The smallest absolute Gasteiger partial charge is 0.399 e. The number of nitrogen functional groups attached to an aromatic ring is 1. The maximum absolute atomic E-state index is 11.8. The van der Waals surface area contributed by atoms with Crippen molar-refractivity contribution in [1.82, 2.24) is 5.32 Å². The Morgan fingerprint density at radius 1 is 1.35 bits per heavy atom. The quantitative estimate of drug-likeness (QED) is 0.823. The van der Waals surface area contributed by atoms with Crippen molar-refractivity contribution in [1.29, 1.82) is 0 Å². The zero-order valence-electron chi connectivity index (χ0n) is 8.75. The predicted octanol–water partition coefficient (Wildman–Crippen LogP) is 1.91. The van der Waals surface area contributed by atoms with Crippen LogP contribution in [-0.4, -0.2) is 18.6 Å². The van der Waals surface area contributed by atoms with Gasteiger partial charge in [-0.3, -0.25) is 4.79 Å². The molecule has 0 saturated heterocycles. The summed E-state index contributed by atoms with van der Waals surface area (Å²) in [5.41, 5.74) is 6.81. The molecule has 0 heterocycles. The van der Waals surface area contributed by atoms with Crippen LogP contribution in [0.3, 0.4) is 0 Å². The van der Waals surface area contributed by atoms with Crippen LogP contribution in [0.25, 0.3) is 0 Å². The van der Waals surface area contributed by atoms with Crippen LogP contribution in [0.15, 0.2) is 24.3 Å². The van der Waals surface area contributed by atoms with Gasteiger partial charge in [0.25, 0.3) is 0 Å². The number of nitrogens with one attached hydrogen (secondary N) is 1. The molecule has 1 aromatic rings. The van der Waals surface area contributed by atoms with Gasteiger partial charge >= 0.3 is 12.1 Å². The second-order valence-corrected chi connectivity index (χ2v) is 3.25. The summed E-state index contributed by atoms with van der Waals surface area (Å²) in [4.78, 5) is 10.5. The molecular weight excluding hydrogens is 257 g/mol. The number of anilines is 1. The Morgan fingerprint density at radius 2 is 2.00 bits per heavy atom. The highest BCUT2D eigenvalue weighted by Crippen LogP contribution is 2.14. The number of carbonyl (C=O) groups excluding carboxylic acids is 1. The van der Waals surface area contributed by atoms with Crippen LogP contribution in [0.2, 0.25) is 0 Å². The molecule has 0 aliphatic carbocycles. The van der Waals surface area contributed by atoms with Gasteiger partial charge in [-0.1, -0.05) is 12.1 Å². The first-order valence-corrected chi connectivity index (χ1v) is 4.59. The van der Waals surface area contributed by atoms with Crippen LogP contribution in [0, 0.1) is 0 Å². The largest absolute Gasteiger partial charge is 0.471 e. The average molecular weight is 269 g/mol. The van der Waals surface area contributed by atoms with E-state index in [-0.39, 0.29) is 19.0 Å². The van der Waals surface area contributed by atoms with Crippen molar-refractivity contribution in [2.75, 3.05) is 12.3 Å². The Balaban J connectivity index is 0.00000256. The van der Waals surface area contributed by atoms with Crippen LogP contribution in [0.1, 0.15) is 5.56 Å². The molecule has 0 atom stereocenters. The molecule has 0 aliphatic rings. The van der Waals surface area contributed by atoms with Gasteiger partial charge in [0.05, 0.1) is 0 Å². The second-order valence-electron chi connectivity index (χ2n) is 3.25. The fraction of sp³-hybridized carbons (Fsp3) is 0.300. The fourth-order valence-corrected chi connectivity index (χ4v) is 1.17. The Labute approximate surface area is 103 Å². The zero-order valence-corrected chi connectivity index (χ0v) is 9.57. The molecule has 96 valence electrons. The highest BCUT2D eigenvalue weighted by molar-refractivity contribution is 5.85. The number of hydrogen-bond donors (Lipinski definition) is 2. The minimum Gasteiger partial charge on any atom is -0.399 e. The monoisotopic (exact) mass is 268 g/mol.